The Morgan fingerprint density at radius 2 is 2.12 bits per heavy atom. The molecule has 1 amide bonds. The minimum atomic E-state index is -0.215. The molecule has 0 saturated carbocycles. The number of hydrogen-bond acceptors (Lipinski definition) is 3. The van der Waals surface area contributed by atoms with Crippen molar-refractivity contribution in [2.24, 2.45) is 5.41 Å². The van der Waals surface area contributed by atoms with Gasteiger partial charge in [0.25, 0.3) is 0 Å². The van der Waals surface area contributed by atoms with E-state index in [1.807, 2.05) is 0 Å². The largest absolute Gasteiger partial charge is 0.453 e. The second kappa shape index (κ2) is 5.04. The number of carbonyl (C=O) groups excluding carboxylic acids is 1. The van der Waals surface area contributed by atoms with E-state index >= 15 is 0 Å². The molecule has 0 aromatic carbocycles. The Bertz CT molecular complexity index is 248. The van der Waals surface area contributed by atoms with Gasteiger partial charge in [-0.15, -0.1) is 0 Å². The van der Waals surface area contributed by atoms with Crippen molar-refractivity contribution in [2.75, 3.05) is 20.2 Å². The van der Waals surface area contributed by atoms with Crippen LogP contribution in [0.5, 0.6) is 0 Å². The molecule has 0 aliphatic carbocycles. The second-order valence-electron chi connectivity index (χ2n) is 5.66. The van der Waals surface area contributed by atoms with Crippen LogP contribution in [0.3, 0.4) is 0 Å². The summed E-state index contributed by atoms with van der Waals surface area (Å²) < 4.78 is 4.71. The van der Waals surface area contributed by atoms with Gasteiger partial charge in [0.1, 0.15) is 0 Å². The number of carbonyl (C=O) groups is 1. The predicted octanol–water partition coefficient (Wildman–Crippen LogP) is 1.85. The lowest BCUT2D eigenvalue weighted by atomic mass is 9.87. The summed E-state index contributed by atoms with van der Waals surface area (Å²) in [6, 6.07) is 0.837. The summed E-state index contributed by atoms with van der Waals surface area (Å²) in [5.41, 5.74) is 0.249. The van der Waals surface area contributed by atoms with E-state index in [0.29, 0.717) is 12.1 Å². The number of amides is 1. The van der Waals surface area contributed by atoms with Crippen LogP contribution in [0.2, 0.25) is 0 Å². The Kier molecular flexibility index (Phi) is 4.19. The molecule has 0 bridgehead atoms. The topological polar surface area (TPSA) is 41.6 Å². The molecule has 94 valence electrons. The average molecular weight is 228 g/mol. The summed E-state index contributed by atoms with van der Waals surface area (Å²) in [6.45, 7) is 10.4. The van der Waals surface area contributed by atoms with Crippen LogP contribution in [0.25, 0.3) is 0 Å². The molecular formula is C12H24N2O2. The van der Waals surface area contributed by atoms with Gasteiger partial charge in [0.05, 0.1) is 7.11 Å². The molecule has 4 nitrogen and oxygen atoms in total. The predicted molar refractivity (Wildman–Crippen MR) is 64.4 cm³/mol. The highest BCUT2D eigenvalue weighted by Gasteiger charge is 2.30. The van der Waals surface area contributed by atoms with Crippen molar-refractivity contribution in [3.05, 3.63) is 0 Å². The van der Waals surface area contributed by atoms with E-state index in [-0.39, 0.29) is 11.5 Å². The molecule has 4 heteroatoms. The third-order valence-electron chi connectivity index (χ3n) is 3.41. The number of rotatable bonds is 2. The summed E-state index contributed by atoms with van der Waals surface area (Å²) in [5, 5.41) is 3.58. The fraction of sp³-hybridized carbons (Fsp3) is 0.917. The van der Waals surface area contributed by atoms with Crippen LogP contribution in [-0.2, 0) is 4.74 Å². The molecule has 1 fully saturated rings. The highest BCUT2D eigenvalue weighted by molar-refractivity contribution is 5.67. The van der Waals surface area contributed by atoms with Crippen LogP contribution in [0, 0.1) is 5.41 Å². The van der Waals surface area contributed by atoms with Gasteiger partial charge in [0.2, 0.25) is 0 Å². The van der Waals surface area contributed by atoms with Crippen LogP contribution in [0.15, 0.2) is 0 Å². The number of methoxy groups -OCH3 is 1. The molecule has 2 atom stereocenters. The van der Waals surface area contributed by atoms with Crippen molar-refractivity contribution in [1.82, 2.24) is 10.2 Å². The zero-order valence-corrected chi connectivity index (χ0v) is 11.0. The lowest BCUT2D eigenvalue weighted by Crippen LogP contribution is -2.45. The normalized spacial score (nSPS) is 23.3. The van der Waals surface area contributed by atoms with Crippen molar-refractivity contribution in [3.63, 3.8) is 0 Å². The summed E-state index contributed by atoms with van der Waals surface area (Å²) in [4.78, 5) is 13.1. The third-order valence-corrected chi connectivity index (χ3v) is 3.41. The monoisotopic (exact) mass is 228 g/mol. The lowest BCUT2D eigenvalue weighted by Gasteiger charge is -2.31. The van der Waals surface area contributed by atoms with E-state index in [1.165, 1.54) is 7.11 Å². The van der Waals surface area contributed by atoms with Crippen LogP contribution in [-0.4, -0.2) is 43.3 Å². The lowest BCUT2D eigenvalue weighted by molar-refractivity contribution is 0.131. The number of nitrogens with one attached hydrogen (secondary N) is 1. The molecule has 0 radical (unpaired) electrons. The van der Waals surface area contributed by atoms with E-state index in [4.69, 9.17) is 4.74 Å². The molecule has 1 saturated heterocycles. The first-order valence-electron chi connectivity index (χ1n) is 5.93. The molecular weight excluding hydrogens is 204 g/mol. The van der Waals surface area contributed by atoms with Crippen LogP contribution in [0.4, 0.5) is 4.79 Å². The zero-order valence-electron chi connectivity index (χ0n) is 11.0. The Morgan fingerprint density at radius 3 is 2.62 bits per heavy atom. The van der Waals surface area contributed by atoms with Crippen LogP contribution in [0.1, 0.15) is 34.1 Å². The summed E-state index contributed by atoms with van der Waals surface area (Å²) >= 11 is 0. The maximum absolute atomic E-state index is 11.3. The number of likely N-dealkylation sites (tertiary alicyclic amines) is 1. The Morgan fingerprint density at radius 1 is 1.50 bits per heavy atom. The first-order chi connectivity index (χ1) is 7.34. The third kappa shape index (κ3) is 3.37. The van der Waals surface area contributed by atoms with Crippen molar-refractivity contribution in [2.45, 2.75) is 46.2 Å². The Hall–Kier alpha value is -0.770. The summed E-state index contributed by atoms with van der Waals surface area (Å²) in [5.74, 6) is 0. The molecule has 16 heavy (non-hydrogen) atoms. The number of ether oxygens (including phenoxy) is 1. The first-order valence-corrected chi connectivity index (χ1v) is 5.93. The summed E-state index contributed by atoms with van der Waals surface area (Å²) in [6.07, 6.45) is 0.794. The molecule has 0 aromatic heterocycles. The summed E-state index contributed by atoms with van der Waals surface area (Å²) in [7, 11) is 1.43. The zero-order chi connectivity index (χ0) is 12.3. The van der Waals surface area contributed by atoms with E-state index in [0.717, 1.165) is 19.5 Å². The maximum Gasteiger partial charge on any atom is 0.409 e. The maximum atomic E-state index is 11.3. The van der Waals surface area contributed by atoms with E-state index in [1.54, 1.807) is 4.90 Å². The van der Waals surface area contributed by atoms with Gasteiger partial charge in [-0.2, -0.15) is 0 Å². The first kappa shape index (κ1) is 13.3. The number of nitrogens with zero attached hydrogens (tertiary/aromatic N) is 1. The molecule has 0 aromatic rings. The van der Waals surface area contributed by atoms with Crippen molar-refractivity contribution in [1.29, 1.82) is 0 Å². The molecule has 1 heterocycles. The van der Waals surface area contributed by atoms with E-state index in [9.17, 15) is 4.79 Å². The molecule has 1 rings (SSSR count). The van der Waals surface area contributed by atoms with Crippen LogP contribution >= 0.6 is 0 Å². The Labute approximate surface area is 98.3 Å². The van der Waals surface area contributed by atoms with Crippen molar-refractivity contribution < 1.29 is 9.53 Å². The second-order valence-corrected chi connectivity index (χ2v) is 5.66. The van der Waals surface area contributed by atoms with Gasteiger partial charge in [0.15, 0.2) is 0 Å². The van der Waals surface area contributed by atoms with Gasteiger partial charge in [-0.3, -0.25) is 0 Å². The van der Waals surface area contributed by atoms with Crippen LogP contribution < -0.4 is 5.32 Å². The fourth-order valence-corrected chi connectivity index (χ4v) is 1.79. The highest BCUT2D eigenvalue weighted by atomic mass is 16.5. The molecule has 1 aliphatic heterocycles. The molecule has 1 N–H and O–H groups in total. The van der Waals surface area contributed by atoms with Gasteiger partial charge < -0.3 is 15.0 Å². The minimum Gasteiger partial charge on any atom is -0.453 e. The van der Waals surface area contributed by atoms with Gasteiger partial charge >= 0.3 is 6.09 Å². The fourth-order valence-electron chi connectivity index (χ4n) is 1.79. The van der Waals surface area contributed by atoms with E-state index < -0.39 is 0 Å². The quantitative estimate of drug-likeness (QED) is 0.784. The van der Waals surface area contributed by atoms with Gasteiger partial charge in [-0.1, -0.05) is 20.8 Å². The average Bonchev–Trinajstić information content (AvgIpc) is 2.63. The smallest absolute Gasteiger partial charge is 0.409 e. The molecule has 0 spiro atoms. The molecule has 2 unspecified atom stereocenters. The van der Waals surface area contributed by atoms with Gasteiger partial charge in [-0.25, -0.2) is 4.79 Å². The SMILES string of the molecule is COC(=O)N1CCC(NC(C)C(C)(C)C)C1. The number of hydrogen-bond donors (Lipinski definition) is 1. The van der Waals surface area contributed by atoms with E-state index in [2.05, 4.69) is 33.0 Å². The van der Waals surface area contributed by atoms with Crippen molar-refractivity contribution >= 4 is 6.09 Å². The Balaban J connectivity index is 2.40. The van der Waals surface area contributed by atoms with Crippen molar-refractivity contribution in [3.8, 4) is 0 Å². The highest BCUT2D eigenvalue weighted by Crippen LogP contribution is 2.21. The molecule has 1 aliphatic rings. The van der Waals surface area contributed by atoms with Gasteiger partial charge in [-0.05, 0) is 18.8 Å². The van der Waals surface area contributed by atoms with Gasteiger partial charge in [0, 0.05) is 25.2 Å². The standard InChI is InChI=1S/C12H24N2O2/c1-9(12(2,3)4)13-10-6-7-14(8-10)11(15)16-5/h9-10,13H,6-8H2,1-5H3. The minimum absolute atomic E-state index is 0.215.